The Labute approximate surface area is 264 Å². The first kappa shape index (κ1) is 40.0. The summed E-state index contributed by atoms with van der Waals surface area (Å²) in [4.78, 5) is 25.7. The molecule has 1 rings (SSSR count). The topological polar surface area (TPSA) is 101 Å². The summed E-state index contributed by atoms with van der Waals surface area (Å²) in [5, 5.41) is 11.6. The molecule has 0 radical (unpaired) electrons. The molecule has 1 N–H and O–H groups in total. The van der Waals surface area contributed by atoms with Crippen molar-refractivity contribution in [2.75, 3.05) is 7.11 Å². The predicted octanol–water partition coefficient (Wildman–Crippen LogP) is 7.41. The predicted molar refractivity (Wildman–Crippen MR) is 178 cm³/mol. The highest BCUT2D eigenvalue weighted by Crippen LogP contribution is 2.44. The molecule has 1 saturated heterocycles. The van der Waals surface area contributed by atoms with Crippen molar-refractivity contribution in [3.8, 4) is 0 Å². The second kappa shape index (κ2) is 16.5. The molecule has 0 aromatic carbocycles. The van der Waals surface area contributed by atoms with E-state index < -0.39 is 64.5 Å². The molecule has 1 aliphatic rings. The first-order chi connectivity index (χ1) is 19.8. The Morgan fingerprint density at radius 2 is 1.63 bits per heavy atom. The van der Waals surface area contributed by atoms with Crippen molar-refractivity contribution < 1.29 is 37.8 Å². The molecule has 8 nitrogen and oxygen atoms in total. The number of ether oxygens (including phenoxy) is 3. The molecule has 0 saturated carbocycles. The summed E-state index contributed by atoms with van der Waals surface area (Å²) in [5.74, 6) is -2.10. The van der Waals surface area contributed by atoms with Gasteiger partial charge in [-0.1, -0.05) is 68.2 Å². The van der Waals surface area contributed by atoms with Crippen molar-refractivity contribution in [3.05, 3.63) is 12.2 Å². The van der Waals surface area contributed by atoms with E-state index in [1.807, 2.05) is 26.8 Å². The van der Waals surface area contributed by atoms with Gasteiger partial charge < -0.3 is 28.2 Å². The van der Waals surface area contributed by atoms with Gasteiger partial charge in [-0.3, -0.25) is 4.79 Å². The quantitative estimate of drug-likeness (QED) is 0.105. The van der Waals surface area contributed by atoms with Crippen molar-refractivity contribution in [1.29, 1.82) is 0 Å². The van der Waals surface area contributed by atoms with E-state index >= 15 is 0 Å². The van der Waals surface area contributed by atoms with Crippen LogP contribution in [0.5, 0.6) is 0 Å². The zero-order valence-electron chi connectivity index (χ0n) is 29.7. The first-order valence-corrected chi connectivity index (χ1v) is 21.9. The number of esters is 2. The van der Waals surface area contributed by atoms with Crippen molar-refractivity contribution >= 4 is 28.6 Å². The molecule has 252 valence electrons. The Balaban J connectivity index is 3.36. The number of rotatable bonds is 16. The molecule has 1 aliphatic heterocycles. The smallest absolute Gasteiger partial charge is 0.330 e. The zero-order valence-corrected chi connectivity index (χ0v) is 31.7. The van der Waals surface area contributed by atoms with Gasteiger partial charge in [-0.05, 0) is 69.5 Å². The van der Waals surface area contributed by atoms with Gasteiger partial charge in [0.25, 0.3) is 0 Å². The molecule has 1 fully saturated rings. The van der Waals surface area contributed by atoms with Gasteiger partial charge in [-0.2, -0.15) is 0 Å². The summed E-state index contributed by atoms with van der Waals surface area (Å²) in [5.41, 5.74) is -1.22. The van der Waals surface area contributed by atoms with Crippen molar-refractivity contribution in [3.63, 3.8) is 0 Å². The van der Waals surface area contributed by atoms with Crippen LogP contribution in [0.2, 0.25) is 36.3 Å². The van der Waals surface area contributed by atoms with Gasteiger partial charge in [-0.15, -0.1) is 0 Å². The van der Waals surface area contributed by atoms with Crippen LogP contribution in [0, 0.1) is 11.8 Å². The molecule has 0 aliphatic carbocycles. The van der Waals surface area contributed by atoms with Crippen LogP contribution >= 0.6 is 0 Å². The SMILES string of the molecule is CCCC[C@@H](/C=C/C(=O)O[C@@H]1[C@@H](C)[C@H](O[Si](CC)(CC)CC)[C@@](C)([C@@H](O)[C@@H](C)C(=O)OC)O[C@H]1C)O[Si](C)(C)C(C)(C)C. The molecule has 0 spiro atoms. The standard InChI is InChI=1S/C33H64O8Si2/c1-15-19-20-26(40-42(13,14)32(8,9)10)21-22-27(34)38-28-23(5)30(41-43(16-2,17-3)18-4)33(11,39-25(28)7)29(35)24(6)31(36)37-12/h21-26,28-30,35H,15-20H2,1-14H3/b22-21+/t23-,24-,25+,26+,28-,29+,30+,33-/m1/s1. The second-order valence-electron chi connectivity index (χ2n) is 14.2. The van der Waals surface area contributed by atoms with Crippen LogP contribution in [-0.4, -0.2) is 76.9 Å². The Morgan fingerprint density at radius 1 is 1.07 bits per heavy atom. The molecule has 0 amide bonds. The molecule has 0 unspecified atom stereocenters. The van der Waals surface area contributed by atoms with E-state index in [-0.39, 0.29) is 17.1 Å². The molecular weight excluding hydrogens is 581 g/mol. The fourth-order valence-electron chi connectivity index (χ4n) is 5.92. The van der Waals surface area contributed by atoms with E-state index in [0.29, 0.717) is 0 Å². The minimum Gasteiger partial charge on any atom is -0.469 e. The van der Waals surface area contributed by atoms with Crippen molar-refractivity contribution in [2.45, 2.75) is 168 Å². The third kappa shape index (κ3) is 9.97. The monoisotopic (exact) mass is 644 g/mol. The number of methoxy groups -OCH3 is 1. The van der Waals surface area contributed by atoms with E-state index in [2.05, 4.69) is 61.6 Å². The van der Waals surface area contributed by atoms with Gasteiger partial charge in [-0.25, -0.2) is 4.79 Å². The highest BCUT2D eigenvalue weighted by atomic mass is 28.4. The Kier molecular flexibility index (Phi) is 15.3. The third-order valence-corrected chi connectivity index (χ3v) is 19.3. The van der Waals surface area contributed by atoms with E-state index in [1.54, 1.807) is 6.92 Å². The van der Waals surface area contributed by atoms with Gasteiger partial charge in [0.1, 0.15) is 11.7 Å². The highest BCUT2D eigenvalue weighted by Gasteiger charge is 2.58. The number of hydrogen-bond donors (Lipinski definition) is 1. The molecule has 43 heavy (non-hydrogen) atoms. The molecule has 10 heteroatoms. The fraction of sp³-hybridized carbons (Fsp3) is 0.879. The van der Waals surface area contributed by atoms with Crippen LogP contribution in [-0.2, 0) is 32.7 Å². The minimum absolute atomic E-state index is 0.0573. The fourth-order valence-corrected chi connectivity index (χ4v) is 10.2. The maximum absolute atomic E-state index is 13.3. The largest absolute Gasteiger partial charge is 0.469 e. The highest BCUT2D eigenvalue weighted by molar-refractivity contribution is 6.74. The van der Waals surface area contributed by atoms with Crippen LogP contribution in [0.15, 0.2) is 12.2 Å². The number of aliphatic hydroxyl groups is 1. The van der Waals surface area contributed by atoms with Gasteiger partial charge in [0.05, 0.1) is 37.4 Å². The van der Waals surface area contributed by atoms with E-state index in [4.69, 9.17) is 23.1 Å². The van der Waals surface area contributed by atoms with Crippen LogP contribution in [0.3, 0.4) is 0 Å². The molecule has 0 bridgehead atoms. The Bertz CT molecular complexity index is 905. The number of hydrogen-bond acceptors (Lipinski definition) is 8. The normalized spacial score (nSPS) is 27.5. The average Bonchev–Trinajstić information content (AvgIpc) is 2.95. The molecule has 0 aromatic rings. The third-order valence-electron chi connectivity index (χ3n) is 10.2. The lowest BCUT2D eigenvalue weighted by molar-refractivity contribution is -0.272. The lowest BCUT2D eigenvalue weighted by Gasteiger charge is -2.54. The Morgan fingerprint density at radius 3 is 2.09 bits per heavy atom. The number of carbonyl (C=O) groups excluding carboxylic acids is 2. The molecular formula is C33H64O8Si2. The van der Waals surface area contributed by atoms with E-state index in [0.717, 1.165) is 37.4 Å². The first-order valence-electron chi connectivity index (χ1n) is 16.5. The van der Waals surface area contributed by atoms with E-state index in [9.17, 15) is 14.7 Å². The van der Waals surface area contributed by atoms with Crippen LogP contribution in [0.1, 0.15) is 95.4 Å². The van der Waals surface area contributed by atoms with Crippen LogP contribution in [0.25, 0.3) is 0 Å². The molecule has 0 aromatic heterocycles. The Hall–Kier alpha value is -1.05. The molecule has 8 atom stereocenters. The summed E-state index contributed by atoms with van der Waals surface area (Å²) in [7, 11) is -2.93. The zero-order chi connectivity index (χ0) is 33.4. The summed E-state index contributed by atoms with van der Waals surface area (Å²) in [6.45, 7) is 26.9. The van der Waals surface area contributed by atoms with Crippen molar-refractivity contribution in [1.82, 2.24) is 0 Å². The minimum atomic E-state index is -2.20. The maximum atomic E-state index is 13.3. The molecule has 1 heterocycles. The van der Waals surface area contributed by atoms with Crippen molar-refractivity contribution in [2.24, 2.45) is 11.8 Å². The maximum Gasteiger partial charge on any atom is 0.330 e. The number of carbonyl (C=O) groups is 2. The van der Waals surface area contributed by atoms with Gasteiger partial charge in [0.15, 0.2) is 16.6 Å². The lowest BCUT2D eigenvalue weighted by Crippen LogP contribution is -2.68. The lowest BCUT2D eigenvalue weighted by atomic mass is 9.75. The van der Waals surface area contributed by atoms with Gasteiger partial charge in [0, 0.05) is 12.0 Å². The summed E-state index contributed by atoms with van der Waals surface area (Å²) in [6, 6.07) is 2.70. The average molecular weight is 645 g/mol. The second-order valence-corrected chi connectivity index (χ2v) is 23.7. The van der Waals surface area contributed by atoms with Crippen LogP contribution in [0.4, 0.5) is 0 Å². The number of unbranched alkanes of at least 4 members (excludes halogenated alkanes) is 1. The number of aliphatic hydroxyl groups excluding tert-OH is 1. The summed E-state index contributed by atoms with van der Waals surface area (Å²) in [6.07, 6.45) is 3.14. The summed E-state index contributed by atoms with van der Waals surface area (Å²) >= 11 is 0. The van der Waals surface area contributed by atoms with E-state index in [1.165, 1.54) is 13.2 Å². The van der Waals surface area contributed by atoms with Crippen LogP contribution < -0.4 is 0 Å². The van der Waals surface area contributed by atoms with Gasteiger partial charge in [0.2, 0.25) is 0 Å². The summed E-state index contributed by atoms with van der Waals surface area (Å²) < 4.78 is 31.2. The van der Waals surface area contributed by atoms with Gasteiger partial charge >= 0.3 is 11.9 Å².